The number of ether oxygens (including phenoxy) is 2. The molecule has 2 rings (SSSR count). The van der Waals surface area contributed by atoms with Crippen LogP contribution in [0.5, 0.6) is 0 Å². The topological polar surface area (TPSA) is 93.1 Å². The SMILES string of the molecule is C=C1C(=O)OC2C=C(C)CC(O)/C=C(/CO)CC(OC(=O)/C(C)=C/C)C12. The molecule has 26 heavy (non-hydrogen) atoms. The van der Waals surface area contributed by atoms with E-state index in [0.717, 1.165) is 5.57 Å². The van der Waals surface area contributed by atoms with Gasteiger partial charge in [-0.05, 0) is 38.8 Å². The molecule has 1 saturated heterocycles. The van der Waals surface area contributed by atoms with Crippen LogP contribution in [0.1, 0.15) is 33.6 Å². The van der Waals surface area contributed by atoms with E-state index in [-0.39, 0.29) is 18.6 Å². The van der Waals surface area contributed by atoms with Crippen LogP contribution in [-0.4, -0.2) is 47.1 Å². The summed E-state index contributed by atoms with van der Waals surface area (Å²) in [4.78, 5) is 24.4. The molecular formula is C20H26O6. The van der Waals surface area contributed by atoms with Crippen molar-refractivity contribution in [2.24, 2.45) is 5.92 Å². The predicted molar refractivity (Wildman–Crippen MR) is 96.0 cm³/mol. The van der Waals surface area contributed by atoms with E-state index in [1.54, 1.807) is 32.1 Å². The molecule has 0 radical (unpaired) electrons. The lowest BCUT2D eigenvalue weighted by Crippen LogP contribution is -2.34. The second-order valence-corrected chi connectivity index (χ2v) is 6.81. The van der Waals surface area contributed by atoms with Gasteiger partial charge >= 0.3 is 11.9 Å². The van der Waals surface area contributed by atoms with Crippen molar-refractivity contribution >= 4 is 11.9 Å². The first-order valence-electron chi connectivity index (χ1n) is 8.66. The van der Waals surface area contributed by atoms with E-state index in [1.807, 2.05) is 6.92 Å². The Hall–Kier alpha value is -2.18. The first kappa shape index (κ1) is 20.1. The zero-order chi connectivity index (χ0) is 19.4. The number of aliphatic hydroxyl groups excluding tert-OH is 2. The van der Waals surface area contributed by atoms with Crippen molar-refractivity contribution in [3.8, 4) is 0 Å². The number of carbonyl (C=O) groups is 2. The van der Waals surface area contributed by atoms with Crippen molar-refractivity contribution in [3.05, 3.63) is 47.1 Å². The van der Waals surface area contributed by atoms with Gasteiger partial charge in [0, 0.05) is 17.6 Å². The van der Waals surface area contributed by atoms with Gasteiger partial charge in [0.1, 0.15) is 12.2 Å². The highest BCUT2D eigenvalue weighted by atomic mass is 16.6. The van der Waals surface area contributed by atoms with Gasteiger partial charge in [0.2, 0.25) is 0 Å². The second-order valence-electron chi connectivity index (χ2n) is 6.81. The highest BCUT2D eigenvalue weighted by molar-refractivity contribution is 5.92. The van der Waals surface area contributed by atoms with E-state index >= 15 is 0 Å². The van der Waals surface area contributed by atoms with Crippen molar-refractivity contribution in [2.75, 3.05) is 6.61 Å². The maximum atomic E-state index is 12.3. The molecule has 0 aromatic heterocycles. The maximum Gasteiger partial charge on any atom is 0.334 e. The monoisotopic (exact) mass is 362 g/mol. The molecule has 0 spiro atoms. The Morgan fingerprint density at radius 3 is 2.73 bits per heavy atom. The van der Waals surface area contributed by atoms with Crippen LogP contribution < -0.4 is 0 Å². The molecule has 1 aliphatic heterocycles. The molecule has 1 aliphatic carbocycles. The van der Waals surface area contributed by atoms with Gasteiger partial charge in [-0.3, -0.25) is 0 Å². The van der Waals surface area contributed by atoms with E-state index in [4.69, 9.17) is 9.47 Å². The lowest BCUT2D eigenvalue weighted by molar-refractivity contribution is -0.147. The molecule has 1 fully saturated rings. The minimum Gasteiger partial charge on any atom is -0.458 e. The Labute approximate surface area is 153 Å². The molecule has 0 bridgehead atoms. The van der Waals surface area contributed by atoms with Gasteiger partial charge in [-0.1, -0.05) is 24.3 Å². The smallest absolute Gasteiger partial charge is 0.334 e. The average Bonchev–Trinajstić information content (AvgIpc) is 2.85. The van der Waals surface area contributed by atoms with E-state index in [0.29, 0.717) is 17.6 Å². The minimum absolute atomic E-state index is 0.181. The average molecular weight is 362 g/mol. The first-order chi connectivity index (χ1) is 12.3. The summed E-state index contributed by atoms with van der Waals surface area (Å²) < 4.78 is 11.0. The third-order valence-corrected chi connectivity index (χ3v) is 4.75. The fraction of sp³-hybridized carbons (Fsp3) is 0.500. The number of hydrogen-bond donors (Lipinski definition) is 2. The number of hydrogen-bond acceptors (Lipinski definition) is 6. The summed E-state index contributed by atoms with van der Waals surface area (Å²) in [7, 11) is 0. The second kappa shape index (κ2) is 8.47. The van der Waals surface area contributed by atoms with Gasteiger partial charge in [0.15, 0.2) is 0 Å². The van der Waals surface area contributed by atoms with Crippen molar-refractivity contribution in [3.63, 3.8) is 0 Å². The van der Waals surface area contributed by atoms with E-state index in [2.05, 4.69) is 6.58 Å². The minimum atomic E-state index is -0.779. The van der Waals surface area contributed by atoms with Crippen molar-refractivity contribution in [2.45, 2.75) is 51.9 Å². The lowest BCUT2D eigenvalue weighted by atomic mass is 9.85. The zero-order valence-electron chi connectivity index (χ0n) is 15.4. The van der Waals surface area contributed by atoms with Gasteiger partial charge in [0.25, 0.3) is 0 Å². The van der Waals surface area contributed by atoms with Crippen LogP contribution in [-0.2, 0) is 19.1 Å². The zero-order valence-corrected chi connectivity index (χ0v) is 15.4. The van der Waals surface area contributed by atoms with Crippen LogP contribution in [0.3, 0.4) is 0 Å². The molecule has 1 heterocycles. The summed E-state index contributed by atoms with van der Waals surface area (Å²) in [5.41, 5.74) is 2.05. The molecule has 0 saturated carbocycles. The van der Waals surface area contributed by atoms with Gasteiger partial charge in [-0.15, -0.1) is 0 Å². The summed E-state index contributed by atoms with van der Waals surface area (Å²) >= 11 is 0. The lowest BCUT2D eigenvalue weighted by Gasteiger charge is -2.28. The molecule has 4 atom stereocenters. The Kier molecular flexibility index (Phi) is 6.56. The van der Waals surface area contributed by atoms with E-state index in [9.17, 15) is 19.8 Å². The van der Waals surface area contributed by atoms with Gasteiger partial charge in [-0.25, -0.2) is 9.59 Å². The fourth-order valence-electron chi connectivity index (χ4n) is 3.22. The Balaban J connectivity index is 2.45. The third-order valence-electron chi connectivity index (χ3n) is 4.75. The van der Waals surface area contributed by atoms with Crippen molar-refractivity contribution in [1.29, 1.82) is 0 Å². The molecular weight excluding hydrogens is 336 g/mol. The summed E-state index contributed by atoms with van der Waals surface area (Å²) in [6.45, 7) is 8.74. The molecule has 0 aromatic carbocycles. The summed E-state index contributed by atoms with van der Waals surface area (Å²) in [6, 6.07) is 0. The molecule has 2 N–H and O–H groups in total. The number of carbonyl (C=O) groups excluding carboxylic acids is 2. The van der Waals surface area contributed by atoms with Crippen molar-refractivity contribution < 1.29 is 29.3 Å². The molecule has 0 aromatic rings. The van der Waals surface area contributed by atoms with Gasteiger partial charge in [-0.2, -0.15) is 0 Å². The Morgan fingerprint density at radius 1 is 1.42 bits per heavy atom. The first-order valence-corrected chi connectivity index (χ1v) is 8.66. The maximum absolute atomic E-state index is 12.3. The molecule has 142 valence electrons. The number of aliphatic hydroxyl groups is 2. The van der Waals surface area contributed by atoms with Gasteiger partial charge in [0.05, 0.1) is 18.6 Å². The quantitative estimate of drug-likeness (QED) is 0.453. The highest BCUT2D eigenvalue weighted by Gasteiger charge is 2.44. The fourth-order valence-corrected chi connectivity index (χ4v) is 3.22. The van der Waals surface area contributed by atoms with Crippen LogP contribution >= 0.6 is 0 Å². The number of esters is 2. The highest BCUT2D eigenvalue weighted by Crippen LogP contribution is 2.36. The Bertz CT molecular complexity index is 684. The standard InChI is InChI=1S/C20H26O6/c1-5-12(3)19(23)25-17-9-14(10-21)8-15(22)6-11(2)7-16-18(17)13(4)20(24)26-16/h5,7-8,15-18,21-22H,4,6,9-10H2,1-3H3/b11-7?,12-5+,14-8+. The van der Waals surface area contributed by atoms with Crippen LogP contribution in [0.15, 0.2) is 47.1 Å². The molecule has 0 amide bonds. The summed E-state index contributed by atoms with van der Waals surface area (Å²) in [6.07, 6.45) is 3.38. The predicted octanol–water partition coefficient (Wildman–Crippen LogP) is 1.98. The normalized spacial score (nSPS) is 32.1. The van der Waals surface area contributed by atoms with Crippen LogP contribution in [0.2, 0.25) is 0 Å². The molecule has 4 unspecified atom stereocenters. The van der Waals surface area contributed by atoms with Crippen molar-refractivity contribution in [1.82, 2.24) is 0 Å². The van der Waals surface area contributed by atoms with E-state index in [1.165, 1.54) is 0 Å². The van der Waals surface area contributed by atoms with E-state index < -0.39 is 36.2 Å². The largest absolute Gasteiger partial charge is 0.458 e. The molecule has 6 nitrogen and oxygen atoms in total. The van der Waals surface area contributed by atoms with Crippen LogP contribution in [0, 0.1) is 5.92 Å². The number of fused-ring (bicyclic) bond motifs is 1. The van der Waals surface area contributed by atoms with Crippen LogP contribution in [0.4, 0.5) is 0 Å². The molecule has 6 heteroatoms. The van der Waals surface area contributed by atoms with Crippen LogP contribution in [0.25, 0.3) is 0 Å². The summed E-state index contributed by atoms with van der Waals surface area (Å²) in [5, 5.41) is 19.8. The molecule has 2 aliphatic rings. The van der Waals surface area contributed by atoms with Gasteiger partial charge < -0.3 is 19.7 Å². The number of allylic oxidation sites excluding steroid dienone is 1. The number of rotatable bonds is 3. The third kappa shape index (κ3) is 4.51. The summed E-state index contributed by atoms with van der Waals surface area (Å²) in [5.74, 6) is -1.57. The Morgan fingerprint density at radius 2 is 2.12 bits per heavy atom.